The van der Waals surface area contributed by atoms with Gasteiger partial charge in [-0.25, -0.2) is 5.01 Å². The minimum atomic E-state index is -0.137. The molecule has 5 nitrogen and oxygen atoms in total. The molecule has 1 aromatic carbocycles. The van der Waals surface area contributed by atoms with Crippen LogP contribution in [0.15, 0.2) is 33.8 Å². The summed E-state index contributed by atoms with van der Waals surface area (Å²) in [6.07, 6.45) is 5.13. The van der Waals surface area contributed by atoms with Crippen molar-refractivity contribution in [2.45, 2.75) is 44.6 Å². The van der Waals surface area contributed by atoms with Crippen molar-refractivity contribution < 1.29 is 9.59 Å². The van der Waals surface area contributed by atoms with Gasteiger partial charge in [0.05, 0.1) is 5.69 Å². The predicted molar refractivity (Wildman–Crippen MR) is 88.7 cm³/mol. The first-order valence-electron chi connectivity index (χ1n) is 7.60. The molecule has 1 aromatic rings. The number of rotatable bonds is 3. The molecule has 1 heterocycles. The summed E-state index contributed by atoms with van der Waals surface area (Å²) >= 11 is 3.37. The lowest BCUT2D eigenvalue weighted by Gasteiger charge is -2.24. The minimum Gasteiger partial charge on any atom is -0.348 e. The van der Waals surface area contributed by atoms with E-state index < -0.39 is 0 Å². The molecule has 1 fully saturated rings. The number of benzene rings is 1. The van der Waals surface area contributed by atoms with Gasteiger partial charge >= 0.3 is 0 Å². The average Bonchev–Trinajstić information content (AvgIpc) is 3.01. The van der Waals surface area contributed by atoms with Crippen LogP contribution >= 0.6 is 15.9 Å². The van der Waals surface area contributed by atoms with Crippen LogP contribution in [0.5, 0.6) is 0 Å². The number of carbonyl (C=O) groups is 2. The number of anilines is 1. The van der Waals surface area contributed by atoms with Gasteiger partial charge in [0.1, 0.15) is 5.71 Å². The molecule has 0 bridgehead atoms. The summed E-state index contributed by atoms with van der Waals surface area (Å²) in [6.45, 7) is 0. The van der Waals surface area contributed by atoms with Crippen molar-refractivity contribution >= 4 is 39.1 Å². The van der Waals surface area contributed by atoms with Crippen LogP contribution < -0.4 is 10.3 Å². The van der Waals surface area contributed by atoms with Gasteiger partial charge in [-0.2, -0.15) is 5.10 Å². The molecule has 0 unspecified atom stereocenters. The van der Waals surface area contributed by atoms with Gasteiger partial charge in [-0.1, -0.05) is 28.8 Å². The van der Waals surface area contributed by atoms with Crippen LogP contribution in [-0.2, 0) is 9.59 Å². The molecule has 116 valence electrons. The highest BCUT2D eigenvalue weighted by Crippen LogP contribution is 2.23. The summed E-state index contributed by atoms with van der Waals surface area (Å²) in [5, 5.41) is 8.64. The average molecular weight is 364 g/mol. The summed E-state index contributed by atoms with van der Waals surface area (Å²) in [5.41, 5.74) is 1.12. The number of nitrogens with zero attached hydrogens (tertiary/aromatic N) is 2. The molecule has 2 aliphatic rings. The minimum absolute atomic E-state index is 0.0836. The van der Waals surface area contributed by atoms with E-state index in [-0.39, 0.29) is 17.9 Å². The maximum Gasteiger partial charge on any atom is 0.267 e. The van der Waals surface area contributed by atoms with Crippen LogP contribution in [-0.4, -0.2) is 23.6 Å². The molecule has 0 spiro atoms. The van der Waals surface area contributed by atoms with Crippen LogP contribution in [0.25, 0.3) is 0 Å². The standard InChI is InChI=1S/C16H18BrN3O2/c17-11-5-7-13(8-6-11)20-15(21)10-9-14(19-20)16(22)18-12-3-1-2-4-12/h5-8,12H,1-4,9-10H2,(H,18,22). The van der Waals surface area contributed by atoms with Crippen LogP contribution in [0.2, 0.25) is 0 Å². The quantitative estimate of drug-likeness (QED) is 0.896. The predicted octanol–water partition coefficient (Wildman–Crippen LogP) is 2.99. The second kappa shape index (κ2) is 6.60. The van der Waals surface area contributed by atoms with E-state index in [1.165, 1.54) is 17.9 Å². The Hall–Kier alpha value is -1.69. The number of hydrazone groups is 1. The molecule has 1 aliphatic carbocycles. The second-order valence-electron chi connectivity index (χ2n) is 5.68. The van der Waals surface area contributed by atoms with Crippen molar-refractivity contribution in [1.29, 1.82) is 0 Å². The summed E-state index contributed by atoms with van der Waals surface area (Å²) in [5.74, 6) is -0.221. The summed E-state index contributed by atoms with van der Waals surface area (Å²) in [6, 6.07) is 7.58. The molecule has 3 rings (SSSR count). The Bertz CT molecular complexity index is 606. The Morgan fingerprint density at radius 2 is 1.86 bits per heavy atom. The molecular formula is C16H18BrN3O2. The lowest BCUT2D eigenvalue weighted by atomic mass is 10.1. The number of hydrogen-bond donors (Lipinski definition) is 1. The molecule has 0 aromatic heterocycles. The largest absolute Gasteiger partial charge is 0.348 e. The van der Waals surface area contributed by atoms with Gasteiger partial charge in [0.2, 0.25) is 5.91 Å². The number of nitrogens with one attached hydrogen (secondary N) is 1. The normalized spacial score (nSPS) is 19.2. The van der Waals surface area contributed by atoms with E-state index in [1.807, 2.05) is 24.3 Å². The Morgan fingerprint density at radius 1 is 1.18 bits per heavy atom. The summed E-state index contributed by atoms with van der Waals surface area (Å²) in [4.78, 5) is 24.4. The maximum atomic E-state index is 12.3. The van der Waals surface area contributed by atoms with Crippen molar-refractivity contribution in [3.63, 3.8) is 0 Å². The van der Waals surface area contributed by atoms with E-state index in [4.69, 9.17) is 0 Å². The third-order valence-corrected chi connectivity index (χ3v) is 4.58. The first-order chi connectivity index (χ1) is 10.6. The van der Waals surface area contributed by atoms with Gasteiger partial charge in [0, 0.05) is 23.4 Å². The molecule has 6 heteroatoms. The molecule has 1 aliphatic heterocycles. The number of hydrogen-bond acceptors (Lipinski definition) is 3. The lowest BCUT2D eigenvalue weighted by Crippen LogP contribution is -2.42. The lowest BCUT2D eigenvalue weighted by molar-refractivity contribution is -0.119. The van der Waals surface area contributed by atoms with E-state index >= 15 is 0 Å². The van der Waals surface area contributed by atoms with Crippen molar-refractivity contribution in [3.05, 3.63) is 28.7 Å². The Kier molecular flexibility index (Phi) is 4.57. The van der Waals surface area contributed by atoms with Crippen molar-refractivity contribution in [1.82, 2.24) is 5.32 Å². The van der Waals surface area contributed by atoms with E-state index in [0.29, 0.717) is 24.2 Å². The summed E-state index contributed by atoms with van der Waals surface area (Å²) < 4.78 is 0.934. The molecule has 2 amide bonds. The third kappa shape index (κ3) is 3.38. The molecule has 1 saturated carbocycles. The number of carbonyl (C=O) groups excluding carboxylic acids is 2. The van der Waals surface area contributed by atoms with Crippen LogP contribution in [0.1, 0.15) is 38.5 Å². The highest BCUT2D eigenvalue weighted by Gasteiger charge is 2.27. The molecule has 0 radical (unpaired) electrons. The van der Waals surface area contributed by atoms with E-state index in [0.717, 1.165) is 17.3 Å². The molecule has 0 atom stereocenters. The van der Waals surface area contributed by atoms with Crippen LogP contribution in [0.3, 0.4) is 0 Å². The van der Waals surface area contributed by atoms with Crippen LogP contribution in [0, 0.1) is 0 Å². The Labute approximate surface area is 137 Å². The van der Waals surface area contributed by atoms with Gasteiger partial charge in [-0.3, -0.25) is 9.59 Å². The maximum absolute atomic E-state index is 12.3. The van der Waals surface area contributed by atoms with E-state index in [2.05, 4.69) is 26.3 Å². The van der Waals surface area contributed by atoms with Gasteiger partial charge < -0.3 is 5.32 Å². The van der Waals surface area contributed by atoms with E-state index in [1.54, 1.807) is 0 Å². The second-order valence-corrected chi connectivity index (χ2v) is 6.60. The highest BCUT2D eigenvalue weighted by atomic mass is 79.9. The molecule has 22 heavy (non-hydrogen) atoms. The Morgan fingerprint density at radius 3 is 2.55 bits per heavy atom. The highest BCUT2D eigenvalue weighted by molar-refractivity contribution is 9.10. The first-order valence-corrected chi connectivity index (χ1v) is 8.39. The number of amides is 2. The molecular weight excluding hydrogens is 346 g/mol. The molecule has 1 N–H and O–H groups in total. The van der Waals surface area contributed by atoms with Crippen molar-refractivity contribution in [2.24, 2.45) is 5.10 Å². The van der Waals surface area contributed by atoms with Gasteiger partial charge in [0.15, 0.2) is 0 Å². The first kappa shape index (κ1) is 15.2. The van der Waals surface area contributed by atoms with Gasteiger partial charge in [0.25, 0.3) is 5.91 Å². The summed E-state index contributed by atoms with van der Waals surface area (Å²) in [7, 11) is 0. The zero-order valence-corrected chi connectivity index (χ0v) is 13.8. The van der Waals surface area contributed by atoms with Crippen molar-refractivity contribution in [3.8, 4) is 0 Å². The van der Waals surface area contributed by atoms with Gasteiger partial charge in [-0.15, -0.1) is 0 Å². The zero-order chi connectivity index (χ0) is 15.5. The van der Waals surface area contributed by atoms with Crippen LogP contribution in [0.4, 0.5) is 5.69 Å². The Balaban J connectivity index is 1.76. The fourth-order valence-corrected chi connectivity index (χ4v) is 3.10. The topological polar surface area (TPSA) is 61.8 Å². The van der Waals surface area contributed by atoms with E-state index in [9.17, 15) is 9.59 Å². The number of halogens is 1. The van der Waals surface area contributed by atoms with Gasteiger partial charge in [-0.05, 0) is 37.1 Å². The fourth-order valence-electron chi connectivity index (χ4n) is 2.84. The zero-order valence-electron chi connectivity index (χ0n) is 12.2. The smallest absolute Gasteiger partial charge is 0.267 e. The SMILES string of the molecule is O=C(NC1CCCC1)C1=NN(c2ccc(Br)cc2)C(=O)CC1. The van der Waals surface area contributed by atoms with Crippen molar-refractivity contribution in [2.75, 3.05) is 5.01 Å². The fraction of sp³-hybridized carbons (Fsp3) is 0.438. The monoisotopic (exact) mass is 363 g/mol. The molecule has 0 saturated heterocycles. The third-order valence-electron chi connectivity index (χ3n) is 4.06.